The van der Waals surface area contributed by atoms with Crippen LogP contribution in [0.3, 0.4) is 0 Å². The van der Waals surface area contributed by atoms with Crippen LogP contribution in [0.2, 0.25) is 0 Å². The molecule has 12 heteroatoms. The van der Waals surface area contributed by atoms with Crippen LogP contribution in [-0.2, 0) is 16.1 Å². The Kier molecular flexibility index (Phi) is 10.2. The lowest BCUT2D eigenvalue weighted by Crippen LogP contribution is -2.39. The second kappa shape index (κ2) is 14.3. The van der Waals surface area contributed by atoms with Gasteiger partial charge in [-0.25, -0.2) is 9.79 Å². The lowest BCUT2D eigenvalue weighted by Gasteiger charge is -2.23. The lowest BCUT2D eigenvalue weighted by molar-refractivity contribution is -0.136. The molecule has 2 heterocycles. The number of ether oxygens (including phenoxy) is 4. The van der Waals surface area contributed by atoms with Gasteiger partial charge in [-0.1, -0.05) is 51.5 Å². The number of carbonyl (C=O) groups is 1. The van der Waals surface area contributed by atoms with E-state index in [-0.39, 0.29) is 17.7 Å². The standard InChI is InChI=1S/C33H27Br2N3O6S/c1-4-42-26-11-10-19(13-27(26)43-5-2)29-24(32(40)41-3)17-37-33-38(29)31(39)28(45-33)14-22-12-23(34)15-25(35)30(22)44-18-21-9-7-6-8-20(21)16-36/h6-15,17,29H,4-5,18H2,1-3H3/b28-14+/t29-/m0/s1. The van der Waals surface area contributed by atoms with Gasteiger partial charge in [-0.2, -0.15) is 5.26 Å². The van der Waals surface area contributed by atoms with Crippen molar-refractivity contribution in [2.24, 2.45) is 4.99 Å². The molecule has 9 nitrogen and oxygen atoms in total. The van der Waals surface area contributed by atoms with E-state index < -0.39 is 12.0 Å². The van der Waals surface area contributed by atoms with Crippen LogP contribution in [0.1, 0.15) is 42.1 Å². The zero-order valence-corrected chi connectivity index (χ0v) is 28.5. The van der Waals surface area contributed by atoms with Crippen molar-refractivity contribution in [3.05, 3.63) is 117 Å². The van der Waals surface area contributed by atoms with E-state index in [0.29, 0.717) is 61.0 Å². The summed E-state index contributed by atoms with van der Waals surface area (Å²) in [4.78, 5) is 31.9. The van der Waals surface area contributed by atoms with Crippen molar-refractivity contribution in [1.82, 2.24) is 4.57 Å². The Labute approximate surface area is 279 Å². The van der Waals surface area contributed by atoms with Crippen molar-refractivity contribution in [3.63, 3.8) is 0 Å². The maximum atomic E-state index is 14.1. The second-order valence-corrected chi connectivity index (χ2v) is 12.4. The van der Waals surface area contributed by atoms with Crippen LogP contribution < -0.4 is 29.1 Å². The van der Waals surface area contributed by atoms with Crippen LogP contribution in [0.4, 0.5) is 0 Å². The zero-order chi connectivity index (χ0) is 32.1. The molecule has 0 N–H and O–H groups in total. The quantitative estimate of drug-likeness (QED) is 0.189. The van der Waals surface area contributed by atoms with E-state index in [1.807, 2.05) is 38.1 Å². The van der Waals surface area contributed by atoms with Gasteiger partial charge in [-0.15, -0.1) is 0 Å². The molecular formula is C33H27Br2N3O6S. The number of thiazole rings is 1. The number of nitrogens with zero attached hydrogens (tertiary/aromatic N) is 3. The van der Waals surface area contributed by atoms with Gasteiger partial charge in [-0.3, -0.25) is 9.36 Å². The molecule has 0 bridgehead atoms. The van der Waals surface area contributed by atoms with Crippen molar-refractivity contribution in [2.75, 3.05) is 20.3 Å². The lowest BCUT2D eigenvalue weighted by atomic mass is 9.97. The van der Waals surface area contributed by atoms with Gasteiger partial charge in [0.05, 0.1) is 52.6 Å². The van der Waals surface area contributed by atoms with Gasteiger partial charge >= 0.3 is 5.97 Å². The Morgan fingerprint density at radius 2 is 1.82 bits per heavy atom. The fourth-order valence-corrected chi connectivity index (χ4v) is 7.21. The summed E-state index contributed by atoms with van der Waals surface area (Å²) in [7, 11) is 1.29. The molecule has 1 atom stereocenters. The Bertz CT molecular complexity index is 2030. The van der Waals surface area contributed by atoms with Crippen molar-refractivity contribution in [3.8, 4) is 23.3 Å². The number of halogens is 2. The molecule has 0 fully saturated rings. The van der Waals surface area contributed by atoms with Gasteiger partial charge in [0.25, 0.3) is 5.56 Å². The average molecular weight is 753 g/mol. The molecule has 45 heavy (non-hydrogen) atoms. The third-order valence-corrected chi connectivity index (χ3v) is 8.89. The predicted octanol–water partition coefficient (Wildman–Crippen LogP) is 5.79. The summed E-state index contributed by atoms with van der Waals surface area (Å²) in [5.74, 6) is 0.953. The molecule has 3 aromatic carbocycles. The molecular weight excluding hydrogens is 726 g/mol. The monoisotopic (exact) mass is 751 g/mol. The summed E-state index contributed by atoms with van der Waals surface area (Å²) in [6.45, 7) is 4.75. The van der Waals surface area contributed by atoms with Crippen LogP contribution in [0.25, 0.3) is 6.08 Å². The number of esters is 1. The molecule has 230 valence electrons. The summed E-state index contributed by atoms with van der Waals surface area (Å²) in [6.07, 6.45) is 3.17. The first-order chi connectivity index (χ1) is 21.8. The van der Waals surface area contributed by atoms with Crippen molar-refractivity contribution in [2.45, 2.75) is 26.5 Å². The number of benzene rings is 3. The maximum absolute atomic E-state index is 14.1. The number of rotatable bonds is 10. The van der Waals surface area contributed by atoms with Crippen LogP contribution in [-0.4, -0.2) is 30.9 Å². The van der Waals surface area contributed by atoms with Crippen molar-refractivity contribution < 1.29 is 23.7 Å². The van der Waals surface area contributed by atoms with E-state index in [1.54, 1.807) is 36.4 Å². The van der Waals surface area contributed by atoms with Crippen molar-refractivity contribution >= 4 is 55.2 Å². The van der Waals surface area contributed by atoms with Crippen LogP contribution in [0, 0.1) is 11.3 Å². The van der Waals surface area contributed by atoms with Crippen molar-refractivity contribution in [1.29, 1.82) is 5.26 Å². The number of hydrogen-bond donors (Lipinski definition) is 0. The topological polar surface area (TPSA) is 112 Å². The van der Waals surface area contributed by atoms with E-state index >= 15 is 0 Å². The van der Waals surface area contributed by atoms with E-state index in [9.17, 15) is 14.9 Å². The summed E-state index contributed by atoms with van der Waals surface area (Å²) in [5.41, 5.74) is 2.36. The molecule has 0 amide bonds. The third kappa shape index (κ3) is 6.76. The first-order valence-electron chi connectivity index (χ1n) is 13.9. The number of hydrogen-bond acceptors (Lipinski definition) is 9. The zero-order valence-electron chi connectivity index (χ0n) is 24.5. The highest BCUT2D eigenvalue weighted by atomic mass is 79.9. The van der Waals surface area contributed by atoms with Gasteiger partial charge in [0.2, 0.25) is 0 Å². The minimum Gasteiger partial charge on any atom is -0.490 e. The number of aromatic nitrogens is 1. The highest BCUT2D eigenvalue weighted by Gasteiger charge is 2.31. The number of nitriles is 1. The molecule has 1 aliphatic rings. The smallest absolute Gasteiger partial charge is 0.337 e. The normalized spacial score (nSPS) is 14.1. The molecule has 0 saturated carbocycles. The Morgan fingerprint density at radius 1 is 1.07 bits per heavy atom. The minimum atomic E-state index is -0.821. The summed E-state index contributed by atoms with van der Waals surface area (Å²) in [6, 6.07) is 17.6. The third-order valence-electron chi connectivity index (χ3n) is 6.84. The van der Waals surface area contributed by atoms with Gasteiger partial charge in [-0.05, 0) is 71.7 Å². The van der Waals surface area contributed by atoms with Gasteiger partial charge in [0.1, 0.15) is 12.4 Å². The number of fused-ring (bicyclic) bond motifs is 1. The highest BCUT2D eigenvalue weighted by molar-refractivity contribution is 9.11. The molecule has 0 spiro atoms. The first-order valence-corrected chi connectivity index (χ1v) is 16.3. The average Bonchev–Trinajstić information content (AvgIpc) is 3.35. The van der Waals surface area contributed by atoms with Crippen LogP contribution in [0.5, 0.6) is 17.2 Å². The summed E-state index contributed by atoms with van der Waals surface area (Å²) < 4.78 is 26.1. The molecule has 0 unspecified atom stereocenters. The van der Waals surface area contributed by atoms with Gasteiger partial charge < -0.3 is 18.9 Å². The maximum Gasteiger partial charge on any atom is 0.337 e. The number of carbonyl (C=O) groups excluding carboxylic acids is 1. The van der Waals surface area contributed by atoms with Gasteiger partial charge in [0, 0.05) is 21.8 Å². The molecule has 0 aliphatic carbocycles. The van der Waals surface area contributed by atoms with E-state index in [0.717, 1.165) is 10.0 Å². The molecule has 0 saturated heterocycles. The van der Waals surface area contributed by atoms with Crippen LogP contribution in [0.15, 0.2) is 85.1 Å². The summed E-state index contributed by atoms with van der Waals surface area (Å²) >= 11 is 8.31. The molecule has 1 aliphatic heterocycles. The first kappa shape index (κ1) is 32.2. The molecule has 0 radical (unpaired) electrons. The fourth-order valence-electron chi connectivity index (χ4n) is 4.87. The Hall–Kier alpha value is -4.18. The second-order valence-electron chi connectivity index (χ2n) is 9.61. The predicted molar refractivity (Wildman–Crippen MR) is 177 cm³/mol. The van der Waals surface area contributed by atoms with E-state index in [4.69, 9.17) is 18.9 Å². The molecule has 5 rings (SSSR count). The highest BCUT2D eigenvalue weighted by Crippen LogP contribution is 2.36. The Morgan fingerprint density at radius 3 is 2.56 bits per heavy atom. The minimum absolute atomic E-state index is 0.147. The molecule has 1 aromatic heterocycles. The van der Waals surface area contributed by atoms with E-state index in [2.05, 4.69) is 42.9 Å². The van der Waals surface area contributed by atoms with Gasteiger partial charge in [0.15, 0.2) is 16.3 Å². The Balaban J connectivity index is 1.63. The summed E-state index contributed by atoms with van der Waals surface area (Å²) in [5, 5.41) is 9.50. The molecule has 4 aromatic rings. The number of methoxy groups -OCH3 is 1. The van der Waals surface area contributed by atoms with Crippen LogP contribution >= 0.6 is 43.2 Å². The fraction of sp³-hybridized carbons (Fsp3) is 0.212. The van der Waals surface area contributed by atoms with E-state index in [1.165, 1.54) is 29.2 Å². The SMILES string of the molecule is CCOc1ccc([C@H]2C(C(=O)OC)=CN=c3s/c(=C/c4cc(Br)cc(Br)c4OCc4ccccc4C#N)c(=O)n32)cc1OCC. The largest absolute Gasteiger partial charge is 0.490 e.